The number of aromatic nitrogens is 2. The van der Waals surface area contributed by atoms with E-state index in [1.165, 1.54) is 5.56 Å². The third kappa shape index (κ3) is 5.71. The number of nitrogens with one attached hydrogen (secondary N) is 3. The van der Waals surface area contributed by atoms with Crippen LogP contribution in [0.2, 0.25) is 0 Å². The first-order valence-electron chi connectivity index (χ1n) is 9.07. The number of amides is 1. The molecule has 0 bridgehead atoms. The summed E-state index contributed by atoms with van der Waals surface area (Å²) < 4.78 is 26.5. The number of nitrogens with zero attached hydrogens (tertiary/aromatic N) is 2. The van der Waals surface area contributed by atoms with Crippen molar-refractivity contribution in [3.8, 4) is 0 Å². The molecule has 0 saturated heterocycles. The second-order valence-electron chi connectivity index (χ2n) is 6.52. The number of halogens is 2. The first-order valence-corrected chi connectivity index (χ1v) is 9.07. The summed E-state index contributed by atoms with van der Waals surface area (Å²) >= 11 is 0. The van der Waals surface area contributed by atoms with E-state index in [4.69, 9.17) is 0 Å². The number of hydrogen-bond acceptors (Lipinski definition) is 5. The highest BCUT2D eigenvalue weighted by atomic mass is 19.1. The molecule has 3 rings (SSSR count). The number of hydrogen-bond donors (Lipinski definition) is 3. The lowest BCUT2D eigenvalue weighted by atomic mass is 10.2. The van der Waals surface area contributed by atoms with Gasteiger partial charge in [-0.15, -0.1) is 0 Å². The van der Waals surface area contributed by atoms with Gasteiger partial charge in [-0.1, -0.05) is 17.7 Å². The van der Waals surface area contributed by atoms with Crippen LogP contribution in [0.15, 0.2) is 48.5 Å². The van der Waals surface area contributed by atoms with E-state index in [-0.39, 0.29) is 12.1 Å². The largest absolute Gasteiger partial charge is 0.352 e. The van der Waals surface area contributed by atoms with Crippen LogP contribution in [0.25, 0.3) is 0 Å². The Balaban J connectivity index is 1.54. The van der Waals surface area contributed by atoms with Crippen molar-refractivity contribution in [1.29, 1.82) is 0 Å². The Morgan fingerprint density at radius 2 is 1.72 bits per heavy atom. The van der Waals surface area contributed by atoms with Crippen molar-refractivity contribution >= 4 is 23.4 Å². The van der Waals surface area contributed by atoms with E-state index in [0.717, 1.165) is 23.5 Å². The summed E-state index contributed by atoms with van der Waals surface area (Å²) in [7, 11) is 0. The average Bonchev–Trinajstić information content (AvgIpc) is 2.66. The molecule has 29 heavy (non-hydrogen) atoms. The van der Waals surface area contributed by atoms with Crippen molar-refractivity contribution in [2.75, 3.05) is 23.7 Å². The Hall–Kier alpha value is -3.55. The minimum Gasteiger partial charge on any atom is -0.352 e. The Bertz CT molecular complexity index is 1010. The summed E-state index contributed by atoms with van der Waals surface area (Å²) in [6, 6.07) is 12.6. The third-order valence-electron chi connectivity index (χ3n) is 4.05. The molecule has 0 radical (unpaired) electrons. The minimum atomic E-state index is -0.899. The molecule has 0 aliphatic carbocycles. The van der Waals surface area contributed by atoms with Crippen LogP contribution in [0.5, 0.6) is 0 Å². The van der Waals surface area contributed by atoms with Gasteiger partial charge in [0.25, 0.3) is 5.91 Å². The van der Waals surface area contributed by atoms with Gasteiger partial charge < -0.3 is 16.0 Å². The van der Waals surface area contributed by atoms with E-state index in [1.54, 1.807) is 0 Å². The lowest BCUT2D eigenvalue weighted by molar-refractivity contribution is 0.0951. The van der Waals surface area contributed by atoms with Gasteiger partial charge in [-0.05, 0) is 38.1 Å². The van der Waals surface area contributed by atoms with Gasteiger partial charge in [0, 0.05) is 36.6 Å². The molecule has 0 atom stereocenters. The van der Waals surface area contributed by atoms with E-state index in [9.17, 15) is 13.6 Å². The van der Waals surface area contributed by atoms with Crippen LogP contribution in [0, 0.1) is 25.5 Å². The normalized spacial score (nSPS) is 10.5. The molecule has 3 N–H and O–H groups in total. The van der Waals surface area contributed by atoms with Crippen LogP contribution in [0.4, 0.5) is 26.2 Å². The zero-order valence-electron chi connectivity index (χ0n) is 16.1. The van der Waals surface area contributed by atoms with E-state index >= 15 is 0 Å². The molecule has 0 unspecified atom stereocenters. The quantitative estimate of drug-likeness (QED) is 0.526. The summed E-state index contributed by atoms with van der Waals surface area (Å²) in [5.41, 5.74) is 2.64. The van der Waals surface area contributed by atoms with Gasteiger partial charge in [-0.25, -0.2) is 13.8 Å². The molecule has 0 aliphatic rings. The molecule has 0 fully saturated rings. The van der Waals surface area contributed by atoms with Gasteiger partial charge in [0.1, 0.15) is 17.5 Å². The van der Waals surface area contributed by atoms with E-state index in [0.29, 0.717) is 24.4 Å². The summed E-state index contributed by atoms with van der Waals surface area (Å²) in [6.07, 6.45) is 0. The molecular formula is C21H21F2N5O. The van der Waals surface area contributed by atoms with E-state index < -0.39 is 17.5 Å². The Morgan fingerprint density at radius 1 is 0.966 bits per heavy atom. The zero-order chi connectivity index (χ0) is 20.8. The average molecular weight is 397 g/mol. The lowest BCUT2D eigenvalue weighted by Crippen LogP contribution is -2.29. The van der Waals surface area contributed by atoms with Gasteiger partial charge >= 0.3 is 0 Å². The van der Waals surface area contributed by atoms with Crippen LogP contribution in [0.1, 0.15) is 21.6 Å². The third-order valence-corrected chi connectivity index (χ3v) is 4.05. The van der Waals surface area contributed by atoms with Gasteiger partial charge in [0.05, 0.1) is 5.56 Å². The van der Waals surface area contributed by atoms with Crippen LogP contribution in [-0.2, 0) is 0 Å². The van der Waals surface area contributed by atoms with Gasteiger partial charge in [0.2, 0.25) is 5.95 Å². The molecule has 2 aromatic carbocycles. The van der Waals surface area contributed by atoms with E-state index in [1.807, 2.05) is 44.2 Å². The Labute approximate surface area is 167 Å². The fourth-order valence-corrected chi connectivity index (χ4v) is 2.62. The highest BCUT2D eigenvalue weighted by molar-refractivity contribution is 5.94. The second-order valence-corrected chi connectivity index (χ2v) is 6.52. The van der Waals surface area contributed by atoms with Gasteiger partial charge in [0.15, 0.2) is 0 Å². The molecule has 0 saturated carbocycles. The maximum Gasteiger partial charge on any atom is 0.254 e. The maximum atomic E-state index is 13.6. The fraction of sp³-hybridized carbons (Fsp3) is 0.190. The number of carbonyl (C=O) groups excluding carboxylic acids is 1. The molecular weight excluding hydrogens is 376 g/mol. The topological polar surface area (TPSA) is 78.9 Å². The van der Waals surface area contributed by atoms with Crippen LogP contribution in [0.3, 0.4) is 0 Å². The molecule has 6 nitrogen and oxygen atoms in total. The van der Waals surface area contributed by atoms with Crippen molar-refractivity contribution in [3.63, 3.8) is 0 Å². The number of aryl methyl sites for hydroxylation is 2. The van der Waals surface area contributed by atoms with Crippen molar-refractivity contribution in [3.05, 3.63) is 77.0 Å². The predicted molar refractivity (Wildman–Crippen MR) is 108 cm³/mol. The summed E-state index contributed by atoms with van der Waals surface area (Å²) in [4.78, 5) is 20.7. The first kappa shape index (κ1) is 20.2. The van der Waals surface area contributed by atoms with Crippen molar-refractivity contribution < 1.29 is 13.6 Å². The summed E-state index contributed by atoms with van der Waals surface area (Å²) in [6.45, 7) is 4.42. The second kappa shape index (κ2) is 9.09. The van der Waals surface area contributed by atoms with Crippen molar-refractivity contribution in [2.24, 2.45) is 0 Å². The van der Waals surface area contributed by atoms with Crippen LogP contribution < -0.4 is 16.0 Å². The predicted octanol–water partition coefficient (Wildman–Crippen LogP) is 3.96. The van der Waals surface area contributed by atoms with E-state index in [2.05, 4.69) is 25.9 Å². The molecule has 3 aromatic rings. The smallest absolute Gasteiger partial charge is 0.254 e. The van der Waals surface area contributed by atoms with Crippen molar-refractivity contribution in [2.45, 2.75) is 13.8 Å². The molecule has 1 aromatic heterocycles. The number of benzene rings is 2. The highest BCUT2D eigenvalue weighted by Crippen LogP contribution is 2.17. The molecule has 0 aliphatic heterocycles. The molecule has 1 heterocycles. The number of anilines is 3. The number of rotatable bonds is 7. The Morgan fingerprint density at radius 3 is 2.45 bits per heavy atom. The monoisotopic (exact) mass is 397 g/mol. The summed E-state index contributed by atoms with van der Waals surface area (Å²) in [5.74, 6) is -1.20. The molecule has 1 amide bonds. The highest BCUT2D eigenvalue weighted by Gasteiger charge is 2.11. The maximum absolute atomic E-state index is 13.6. The SMILES string of the molecule is Cc1ccc(Nc2cc(C)nc(NCCNC(=O)c3ccc(F)cc3F)n2)cc1. The molecule has 150 valence electrons. The van der Waals surface area contributed by atoms with Crippen LogP contribution in [-0.4, -0.2) is 29.0 Å². The summed E-state index contributed by atoms with van der Waals surface area (Å²) in [5, 5.41) is 8.81. The van der Waals surface area contributed by atoms with Crippen LogP contribution >= 0.6 is 0 Å². The zero-order valence-corrected chi connectivity index (χ0v) is 16.1. The molecule has 0 spiro atoms. The lowest BCUT2D eigenvalue weighted by Gasteiger charge is -2.11. The Kier molecular flexibility index (Phi) is 6.33. The standard InChI is InChI=1S/C21H21F2N5O/c1-13-3-6-16(7-4-13)27-19-11-14(2)26-21(28-19)25-10-9-24-20(29)17-8-5-15(22)12-18(17)23/h3-8,11-12H,9-10H2,1-2H3,(H,24,29)(H2,25,26,27,28). The van der Waals surface area contributed by atoms with Crippen molar-refractivity contribution in [1.82, 2.24) is 15.3 Å². The van der Waals surface area contributed by atoms with Gasteiger partial charge in [-0.2, -0.15) is 4.98 Å². The number of carbonyl (C=O) groups is 1. The fourth-order valence-electron chi connectivity index (χ4n) is 2.62. The molecule has 8 heteroatoms. The first-order chi connectivity index (χ1) is 13.9. The minimum absolute atomic E-state index is 0.206. The van der Waals surface area contributed by atoms with Gasteiger partial charge in [-0.3, -0.25) is 4.79 Å².